The van der Waals surface area contributed by atoms with E-state index in [0.717, 1.165) is 29.0 Å². The van der Waals surface area contributed by atoms with Crippen LogP contribution >= 0.6 is 11.8 Å². The van der Waals surface area contributed by atoms with Gasteiger partial charge in [-0.25, -0.2) is 0 Å². The summed E-state index contributed by atoms with van der Waals surface area (Å²) in [5.41, 5.74) is 4.65. The third-order valence-corrected chi connectivity index (χ3v) is 6.13. The van der Waals surface area contributed by atoms with E-state index in [1.807, 2.05) is 63.4 Å². The van der Waals surface area contributed by atoms with E-state index >= 15 is 0 Å². The summed E-state index contributed by atoms with van der Waals surface area (Å²) in [6.07, 6.45) is 0. The number of anilines is 2. The number of thioether (sulfide) groups is 1. The fourth-order valence-electron chi connectivity index (χ4n) is 3.24. The highest BCUT2D eigenvalue weighted by molar-refractivity contribution is 7.99. The molecule has 0 aliphatic carbocycles. The SMILES string of the molecule is CCN(C)c1ccc(C(=O)N2CSCC2C(=O)Nc2ccc(C)cc2C)cc1. The quantitative estimate of drug-likeness (QED) is 0.831. The molecule has 3 rings (SSSR count). The molecule has 0 spiro atoms. The van der Waals surface area contributed by atoms with Crippen molar-refractivity contribution in [2.75, 3.05) is 35.4 Å². The lowest BCUT2D eigenvalue weighted by Gasteiger charge is -2.24. The van der Waals surface area contributed by atoms with Gasteiger partial charge < -0.3 is 15.1 Å². The summed E-state index contributed by atoms with van der Waals surface area (Å²) in [7, 11) is 2.02. The van der Waals surface area contributed by atoms with Crippen molar-refractivity contribution in [3.8, 4) is 0 Å². The van der Waals surface area contributed by atoms with Gasteiger partial charge in [-0.3, -0.25) is 9.59 Å². The third-order valence-electron chi connectivity index (χ3n) is 5.11. The Balaban J connectivity index is 1.72. The molecule has 1 unspecified atom stereocenters. The van der Waals surface area contributed by atoms with Crippen LogP contribution in [-0.2, 0) is 4.79 Å². The van der Waals surface area contributed by atoms with Crippen LogP contribution in [0.3, 0.4) is 0 Å². The zero-order valence-electron chi connectivity index (χ0n) is 16.9. The predicted molar refractivity (Wildman–Crippen MR) is 117 cm³/mol. The van der Waals surface area contributed by atoms with Crippen LogP contribution in [0.1, 0.15) is 28.4 Å². The topological polar surface area (TPSA) is 52.7 Å². The second kappa shape index (κ2) is 8.69. The Bertz CT molecular complexity index is 867. The Kier molecular flexibility index (Phi) is 6.29. The number of nitrogens with one attached hydrogen (secondary N) is 1. The number of rotatable bonds is 5. The normalized spacial score (nSPS) is 16.1. The Hall–Kier alpha value is -2.47. The van der Waals surface area contributed by atoms with E-state index < -0.39 is 6.04 Å². The Labute approximate surface area is 171 Å². The molecular formula is C22H27N3O2S. The Morgan fingerprint density at radius 3 is 2.54 bits per heavy atom. The van der Waals surface area contributed by atoms with Gasteiger partial charge in [0.15, 0.2) is 0 Å². The average Bonchev–Trinajstić information content (AvgIpc) is 3.19. The molecule has 1 saturated heterocycles. The second-order valence-corrected chi connectivity index (χ2v) is 8.16. The van der Waals surface area contributed by atoms with Gasteiger partial charge in [-0.15, -0.1) is 11.8 Å². The van der Waals surface area contributed by atoms with Crippen molar-refractivity contribution in [3.63, 3.8) is 0 Å². The maximum atomic E-state index is 13.0. The minimum Gasteiger partial charge on any atom is -0.375 e. The highest BCUT2D eigenvalue weighted by Gasteiger charge is 2.35. The number of amides is 2. The number of nitrogens with zero attached hydrogens (tertiary/aromatic N) is 2. The standard InChI is InChI=1S/C22H27N3O2S/c1-5-24(4)18-9-7-17(8-10-18)22(27)25-14-28-13-20(25)21(26)23-19-11-6-15(2)12-16(19)3/h6-12,20H,5,13-14H2,1-4H3,(H,23,26). The lowest BCUT2D eigenvalue weighted by molar-refractivity contribution is -0.119. The summed E-state index contributed by atoms with van der Waals surface area (Å²) in [6.45, 7) is 6.98. The highest BCUT2D eigenvalue weighted by atomic mass is 32.2. The summed E-state index contributed by atoms with van der Waals surface area (Å²) in [6, 6.07) is 13.0. The van der Waals surface area contributed by atoms with Crippen molar-refractivity contribution in [3.05, 3.63) is 59.2 Å². The molecule has 1 aliphatic rings. The van der Waals surface area contributed by atoms with Gasteiger partial charge in [-0.2, -0.15) is 0 Å². The van der Waals surface area contributed by atoms with Gasteiger partial charge in [0.25, 0.3) is 5.91 Å². The van der Waals surface area contributed by atoms with Crippen molar-refractivity contribution in [2.24, 2.45) is 0 Å². The molecule has 1 heterocycles. The molecule has 2 aromatic carbocycles. The Morgan fingerprint density at radius 1 is 1.18 bits per heavy atom. The van der Waals surface area contributed by atoms with Gasteiger partial charge in [-0.05, 0) is 56.7 Å². The second-order valence-electron chi connectivity index (χ2n) is 7.16. The van der Waals surface area contributed by atoms with Gasteiger partial charge in [0, 0.05) is 36.3 Å². The van der Waals surface area contributed by atoms with Crippen LogP contribution in [-0.4, -0.2) is 48.0 Å². The maximum absolute atomic E-state index is 13.0. The molecule has 5 nitrogen and oxygen atoms in total. The average molecular weight is 398 g/mol. The fourth-order valence-corrected chi connectivity index (χ4v) is 4.39. The number of benzene rings is 2. The molecule has 6 heteroatoms. The molecule has 0 radical (unpaired) electrons. The first kappa shape index (κ1) is 20.3. The molecule has 148 valence electrons. The van der Waals surface area contributed by atoms with E-state index in [0.29, 0.717) is 17.2 Å². The number of aryl methyl sites for hydroxylation is 2. The molecule has 1 N–H and O–H groups in total. The molecule has 1 atom stereocenters. The molecule has 2 amide bonds. The fraction of sp³-hybridized carbons (Fsp3) is 0.364. The summed E-state index contributed by atoms with van der Waals surface area (Å²) < 4.78 is 0. The van der Waals surface area contributed by atoms with Gasteiger partial charge in [0.05, 0.1) is 5.88 Å². The zero-order valence-corrected chi connectivity index (χ0v) is 17.7. The van der Waals surface area contributed by atoms with Gasteiger partial charge in [-0.1, -0.05) is 17.7 Å². The van der Waals surface area contributed by atoms with E-state index in [1.54, 1.807) is 16.7 Å². The minimum atomic E-state index is -0.462. The highest BCUT2D eigenvalue weighted by Crippen LogP contribution is 2.26. The molecule has 2 aromatic rings. The largest absolute Gasteiger partial charge is 0.375 e. The smallest absolute Gasteiger partial charge is 0.255 e. The van der Waals surface area contributed by atoms with Gasteiger partial charge >= 0.3 is 0 Å². The van der Waals surface area contributed by atoms with E-state index in [9.17, 15) is 9.59 Å². The van der Waals surface area contributed by atoms with E-state index in [2.05, 4.69) is 17.1 Å². The molecular weight excluding hydrogens is 370 g/mol. The number of hydrogen-bond donors (Lipinski definition) is 1. The maximum Gasteiger partial charge on any atom is 0.255 e. The summed E-state index contributed by atoms with van der Waals surface area (Å²) in [5, 5.41) is 2.99. The van der Waals surface area contributed by atoms with Crippen LogP contribution in [0.5, 0.6) is 0 Å². The molecule has 0 bridgehead atoms. The number of hydrogen-bond acceptors (Lipinski definition) is 4. The lowest BCUT2D eigenvalue weighted by Crippen LogP contribution is -2.44. The van der Waals surface area contributed by atoms with Crippen molar-refractivity contribution in [2.45, 2.75) is 26.8 Å². The van der Waals surface area contributed by atoms with E-state index in [4.69, 9.17) is 0 Å². The first-order valence-corrected chi connectivity index (χ1v) is 10.6. The molecule has 0 aromatic heterocycles. The predicted octanol–water partition coefficient (Wildman–Crippen LogP) is 3.91. The zero-order chi connectivity index (χ0) is 20.3. The molecule has 28 heavy (non-hydrogen) atoms. The van der Waals surface area contributed by atoms with Crippen LogP contribution in [0.2, 0.25) is 0 Å². The van der Waals surface area contributed by atoms with Crippen LogP contribution in [0.15, 0.2) is 42.5 Å². The molecule has 1 aliphatic heterocycles. The molecule has 1 fully saturated rings. The van der Waals surface area contributed by atoms with Gasteiger partial charge in [0.2, 0.25) is 5.91 Å². The first-order chi connectivity index (χ1) is 13.4. The van der Waals surface area contributed by atoms with Crippen LogP contribution < -0.4 is 10.2 Å². The van der Waals surface area contributed by atoms with Crippen molar-refractivity contribution < 1.29 is 9.59 Å². The van der Waals surface area contributed by atoms with E-state index in [-0.39, 0.29) is 11.8 Å². The summed E-state index contributed by atoms with van der Waals surface area (Å²) in [5.74, 6) is 0.906. The summed E-state index contributed by atoms with van der Waals surface area (Å²) >= 11 is 1.61. The van der Waals surface area contributed by atoms with Crippen LogP contribution in [0.25, 0.3) is 0 Å². The first-order valence-electron chi connectivity index (χ1n) is 9.48. The molecule has 0 saturated carbocycles. The summed E-state index contributed by atoms with van der Waals surface area (Å²) in [4.78, 5) is 29.6. The Morgan fingerprint density at radius 2 is 1.89 bits per heavy atom. The lowest BCUT2D eigenvalue weighted by atomic mass is 10.1. The van der Waals surface area contributed by atoms with E-state index in [1.165, 1.54) is 0 Å². The number of carbonyl (C=O) groups excluding carboxylic acids is 2. The minimum absolute atomic E-state index is 0.100. The van der Waals surface area contributed by atoms with Crippen molar-refractivity contribution in [1.82, 2.24) is 4.90 Å². The van der Waals surface area contributed by atoms with Crippen LogP contribution in [0.4, 0.5) is 11.4 Å². The van der Waals surface area contributed by atoms with Crippen molar-refractivity contribution in [1.29, 1.82) is 0 Å². The third kappa shape index (κ3) is 4.33. The monoisotopic (exact) mass is 397 g/mol. The van der Waals surface area contributed by atoms with Gasteiger partial charge in [0.1, 0.15) is 6.04 Å². The van der Waals surface area contributed by atoms with Crippen molar-refractivity contribution >= 4 is 35.0 Å². The van der Waals surface area contributed by atoms with Crippen LogP contribution in [0, 0.1) is 13.8 Å². The number of carbonyl (C=O) groups is 2.